The molecule has 1 aliphatic heterocycles. The number of hydrogen-bond acceptors (Lipinski definition) is 1. The van der Waals surface area contributed by atoms with Gasteiger partial charge in [0.1, 0.15) is 0 Å². The molecule has 1 aliphatic rings. The number of halogens is 1. The first-order chi connectivity index (χ1) is 10.6. The minimum Gasteiger partial charge on any atom is -0.335 e. The van der Waals surface area contributed by atoms with Crippen LogP contribution in [-0.2, 0) is 6.42 Å². The van der Waals surface area contributed by atoms with Crippen molar-refractivity contribution >= 4 is 17.5 Å². The van der Waals surface area contributed by atoms with Gasteiger partial charge in [-0.15, -0.1) is 0 Å². The quantitative estimate of drug-likeness (QED) is 0.817. The van der Waals surface area contributed by atoms with Crippen LogP contribution >= 0.6 is 11.6 Å². The highest BCUT2D eigenvalue weighted by Crippen LogP contribution is 2.24. The van der Waals surface area contributed by atoms with E-state index >= 15 is 0 Å². The van der Waals surface area contributed by atoms with E-state index in [1.54, 1.807) is 12.1 Å². The van der Waals surface area contributed by atoms with Gasteiger partial charge in [-0.05, 0) is 49.9 Å². The van der Waals surface area contributed by atoms with E-state index in [9.17, 15) is 4.79 Å². The molecule has 2 aromatic rings. The highest BCUT2D eigenvalue weighted by atomic mass is 35.5. The second-order valence-corrected chi connectivity index (χ2v) is 6.43. The summed E-state index contributed by atoms with van der Waals surface area (Å²) in [5.41, 5.74) is 3.24. The molecule has 1 atom stereocenters. The van der Waals surface area contributed by atoms with Crippen molar-refractivity contribution in [3.8, 4) is 0 Å². The molecule has 0 aliphatic carbocycles. The van der Waals surface area contributed by atoms with E-state index in [0.717, 1.165) is 25.8 Å². The molecule has 0 spiro atoms. The molecular formula is C19H20ClNO. The lowest BCUT2D eigenvalue weighted by Gasteiger charge is -2.25. The van der Waals surface area contributed by atoms with Gasteiger partial charge in [0, 0.05) is 23.2 Å². The molecule has 0 N–H and O–H groups in total. The van der Waals surface area contributed by atoms with Crippen LogP contribution in [0.15, 0.2) is 48.5 Å². The Bertz CT molecular complexity index is 665. The van der Waals surface area contributed by atoms with E-state index in [0.29, 0.717) is 10.6 Å². The number of benzene rings is 2. The Balaban J connectivity index is 1.75. The maximum Gasteiger partial charge on any atom is 0.254 e. The predicted molar refractivity (Wildman–Crippen MR) is 90.4 cm³/mol. The molecule has 3 heteroatoms. The Labute approximate surface area is 136 Å². The number of hydrogen-bond donors (Lipinski definition) is 0. The van der Waals surface area contributed by atoms with Gasteiger partial charge in [-0.3, -0.25) is 4.79 Å². The van der Waals surface area contributed by atoms with Gasteiger partial charge in [-0.1, -0.05) is 47.5 Å². The molecule has 1 fully saturated rings. The van der Waals surface area contributed by atoms with Crippen LogP contribution in [0.3, 0.4) is 0 Å². The van der Waals surface area contributed by atoms with Crippen molar-refractivity contribution in [1.29, 1.82) is 0 Å². The highest BCUT2D eigenvalue weighted by molar-refractivity contribution is 6.30. The van der Waals surface area contributed by atoms with Crippen molar-refractivity contribution in [2.45, 2.75) is 32.2 Å². The lowest BCUT2D eigenvalue weighted by atomic mass is 10.0. The zero-order chi connectivity index (χ0) is 15.5. The van der Waals surface area contributed by atoms with Crippen LogP contribution in [0.5, 0.6) is 0 Å². The molecule has 22 heavy (non-hydrogen) atoms. The lowest BCUT2D eigenvalue weighted by molar-refractivity contribution is 0.0736. The summed E-state index contributed by atoms with van der Waals surface area (Å²) < 4.78 is 0. The number of likely N-dealkylation sites (tertiary alicyclic amines) is 1. The van der Waals surface area contributed by atoms with Crippen molar-refractivity contribution in [2.75, 3.05) is 6.54 Å². The highest BCUT2D eigenvalue weighted by Gasteiger charge is 2.29. The first kappa shape index (κ1) is 15.1. The fraction of sp³-hybridized carbons (Fsp3) is 0.316. The standard InChI is InChI=1S/C19H20ClNO/c1-14-7-9-15(10-8-14)12-18-6-3-11-21(18)19(22)16-4-2-5-17(20)13-16/h2,4-5,7-10,13,18H,3,6,11-12H2,1H3. The maximum absolute atomic E-state index is 12.7. The largest absolute Gasteiger partial charge is 0.335 e. The topological polar surface area (TPSA) is 20.3 Å². The molecule has 1 heterocycles. The lowest BCUT2D eigenvalue weighted by Crippen LogP contribution is -2.36. The van der Waals surface area contributed by atoms with Crippen molar-refractivity contribution in [3.63, 3.8) is 0 Å². The number of amides is 1. The molecule has 2 nitrogen and oxygen atoms in total. The van der Waals surface area contributed by atoms with Crippen molar-refractivity contribution < 1.29 is 4.79 Å². The summed E-state index contributed by atoms with van der Waals surface area (Å²) in [4.78, 5) is 14.7. The normalized spacial score (nSPS) is 17.7. The van der Waals surface area contributed by atoms with Crippen LogP contribution in [0.25, 0.3) is 0 Å². The molecule has 1 amide bonds. The summed E-state index contributed by atoms with van der Waals surface area (Å²) in [6.45, 7) is 2.93. The summed E-state index contributed by atoms with van der Waals surface area (Å²) in [7, 11) is 0. The minimum atomic E-state index is 0.0945. The van der Waals surface area contributed by atoms with Crippen LogP contribution in [0.2, 0.25) is 5.02 Å². The number of carbonyl (C=O) groups excluding carboxylic acids is 1. The Hall–Kier alpha value is -1.80. The predicted octanol–water partition coefficient (Wildman–Crippen LogP) is 4.50. The Morgan fingerprint density at radius 1 is 1.23 bits per heavy atom. The number of rotatable bonds is 3. The molecule has 2 aromatic carbocycles. The minimum absolute atomic E-state index is 0.0945. The Kier molecular flexibility index (Phi) is 4.49. The summed E-state index contributed by atoms with van der Waals surface area (Å²) >= 11 is 6.01. The smallest absolute Gasteiger partial charge is 0.254 e. The molecule has 0 radical (unpaired) electrons. The third-order valence-electron chi connectivity index (χ3n) is 4.30. The Morgan fingerprint density at radius 2 is 2.00 bits per heavy atom. The number of nitrogens with zero attached hydrogens (tertiary/aromatic N) is 1. The molecule has 1 saturated heterocycles. The third-order valence-corrected chi connectivity index (χ3v) is 4.54. The Morgan fingerprint density at radius 3 is 2.73 bits per heavy atom. The van der Waals surface area contributed by atoms with E-state index in [1.807, 2.05) is 17.0 Å². The number of carbonyl (C=O) groups is 1. The van der Waals surface area contributed by atoms with E-state index < -0.39 is 0 Å². The fourth-order valence-corrected chi connectivity index (χ4v) is 3.29. The van der Waals surface area contributed by atoms with Gasteiger partial charge in [-0.25, -0.2) is 0 Å². The SMILES string of the molecule is Cc1ccc(CC2CCCN2C(=O)c2cccc(Cl)c2)cc1. The van der Waals surface area contributed by atoms with Crippen LogP contribution in [0.4, 0.5) is 0 Å². The zero-order valence-corrected chi connectivity index (χ0v) is 13.5. The van der Waals surface area contributed by atoms with Gasteiger partial charge < -0.3 is 4.90 Å². The van der Waals surface area contributed by atoms with Crippen molar-refractivity contribution in [3.05, 3.63) is 70.2 Å². The van der Waals surface area contributed by atoms with Crippen LogP contribution in [-0.4, -0.2) is 23.4 Å². The molecule has 0 aromatic heterocycles. The molecule has 1 unspecified atom stereocenters. The first-order valence-electron chi connectivity index (χ1n) is 7.75. The molecule has 3 rings (SSSR count). The third kappa shape index (κ3) is 3.33. The second-order valence-electron chi connectivity index (χ2n) is 5.99. The van der Waals surface area contributed by atoms with Crippen molar-refractivity contribution in [2.24, 2.45) is 0 Å². The van der Waals surface area contributed by atoms with Crippen molar-refractivity contribution in [1.82, 2.24) is 4.90 Å². The van der Waals surface area contributed by atoms with Gasteiger partial charge in [0.15, 0.2) is 0 Å². The monoisotopic (exact) mass is 313 g/mol. The fourth-order valence-electron chi connectivity index (χ4n) is 3.10. The second kappa shape index (κ2) is 6.53. The van der Waals surface area contributed by atoms with Gasteiger partial charge in [0.25, 0.3) is 5.91 Å². The average Bonchev–Trinajstić information content (AvgIpc) is 2.97. The van der Waals surface area contributed by atoms with Gasteiger partial charge in [0.05, 0.1) is 0 Å². The van der Waals surface area contributed by atoms with E-state index in [4.69, 9.17) is 11.6 Å². The van der Waals surface area contributed by atoms with E-state index in [1.165, 1.54) is 11.1 Å². The van der Waals surface area contributed by atoms with Gasteiger partial charge in [0.2, 0.25) is 0 Å². The summed E-state index contributed by atoms with van der Waals surface area (Å²) in [6.07, 6.45) is 3.07. The zero-order valence-electron chi connectivity index (χ0n) is 12.8. The van der Waals surface area contributed by atoms with Gasteiger partial charge in [-0.2, -0.15) is 0 Å². The summed E-state index contributed by atoms with van der Waals surface area (Å²) in [5.74, 6) is 0.0945. The first-order valence-corrected chi connectivity index (χ1v) is 8.13. The van der Waals surface area contributed by atoms with E-state index in [-0.39, 0.29) is 11.9 Å². The van der Waals surface area contributed by atoms with Crippen LogP contribution in [0.1, 0.15) is 34.3 Å². The maximum atomic E-state index is 12.7. The summed E-state index contributed by atoms with van der Waals surface area (Å²) in [5, 5.41) is 0.611. The van der Waals surface area contributed by atoms with Crippen LogP contribution in [0, 0.1) is 6.92 Å². The van der Waals surface area contributed by atoms with Gasteiger partial charge >= 0.3 is 0 Å². The molecule has 114 valence electrons. The van der Waals surface area contributed by atoms with Crippen LogP contribution < -0.4 is 0 Å². The number of aryl methyl sites for hydroxylation is 1. The molecule has 0 bridgehead atoms. The molecular weight excluding hydrogens is 294 g/mol. The van der Waals surface area contributed by atoms with E-state index in [2.05, 4.69) is 31.2 Å². The summed E-state index contributed by atoms with van der Waals surface area (Å²) in [6, 6.07) is 16.1. The molecule has 0 saturated carbocycles. The average molecular weight is 314 g/mol.